The molecule has 2 unspecified atom stereocenters. The Balaban J connectivity index is 2.02. The third-order valence-corrected chi connectivity index (χ3v) is 5.75. The van der Waals surface area contributed by atoms with Gasteiger partial charge in [-0.05, 0) is 56.5 Å². The molecule has 2 aliphatic rings. The summed E-state index contributed by atoms with van der Waals surface area (Å²) in [5, 5.41) is 3.89. The third-order valence-electron chi connectivity index (χ3n) is 5.75. The summed E-state index contributed by atoms with van der Waals surface area (Å²) < 4.78 is 0. The molecule has 2 fully saturated rings. The molecular formula is C18H36N2. The van der Waals surface area contributed by atoms with Crippen molar-refractivity contribution in [1.82, 2.24) is 10.2 Å². The van der Waals surface area contributed by atoms with E-state index in [1.165, 1.54) is 64.6 Å². The molecule has 2 rings (SSSR count). The van der Waals surface area contributed by atoms with Crippen molar-refractivity contribution in [3.05, 3.63) is 0 Å². The molecule has 0 bridgehead atoms. The Hall–Kier alpha value is -0.0800. The van der Waals surface area contributed by atoms with Crippen molar-refractivity contribution in [2.24, 2.45) is 11.3 Å². The lowest BCUT2D eigenvalue weighted by molar-refractivity contribution is 0.0340. The van der Waals surface area contributed by atoms with Gasteiger partial charge in [-0.3, -0.25) is 4.90 Å². The van der Waals surface area contributed by atoms with Gasteiger partial charge in [-0.15, -0.1) is 0 Å². The summed E-state index contributed by atoms with van der Waals surface area (Å²) in [6.45, 7) is 13.3. The molecule has 2 nitrogen and oxygen atoms in total. The van der Waals surface area contributed by atoms with E-state index in [1.807, 2.05) is 0 Å². The lowest BCUT2D eigenvalue weighted by Crippen LogP contribution is -2.59. The molecule has 2 atom stereocenters. The minimum Gasteiger partial charge on any atom is -0.312 e. The van der Waals surface area contributed by atoms with Crippen molar-refractivity contribution in [2.45, 2.75) is 84.7 Å². The van der Waals surface area contributed by atoms with Gasteiger partial charge in [-0.2, -0.15) is 0 Å². The normalized spacial score (nSPS) is 30.4. The molecule has 0 aromatic rings. The van der Waals surface area contributed by atoms with Gasteiger partial charge in [-0.1, -0.05) is 40.5 Å². The van der Waals surface area contributed by atoms with Gasteiger partial charge in [0.05, 0.1) is 0 Å². The van der Waals surface area contributed by atoms with E-state index >= 15 is 0 Å². The van der Waals surface area contributed by atoms with Crippen LogP contribution in [-0.4, -0.2) is 36.6 Å². The zero-order valence-corrected chi connectivity index (χ0v) is 14.3. The quantitative estimate of drug-likeness (QED) is 0.756. The van der Waals surface area contributed by atoms with E-state index in [9.17, 15) is 0 Å². The van der Waals surface area contributed by atoms with Crippen molar-refractivity contribution >= 4 is 0 Å². The van der Waals surface area contributed by atoms with Crippen LogP contribution >= 0.6 is 0 Å². The predicted octanol–water partition coefficient (Wildman–Crippen LogP) is 4.06. The first-order chi connectivity index (χ1) is 9.58. The highest BCUT2D eigenvalue weighted by Crippen LogP contribution is 2.39. The van der Waals surface area contributed by atoms with E-state index in [0.717, 1.165) is 12.0 Å². The Morgan fingerprint density at radius 3 is 2.40 bits per heavy atom. The maximum atomic E-state index is 3.89. The molecule has 0 aromatic heterocycles. The fraction of sp³-hybridized carbons (Fsp3) is 1.00. The molecule has 2 heteroatoms. The zero-order chi connectivity index (χ0) is 14.6. The van der Waals surface area contributed by atoms with Crippen molar-refractivity contribution < 1.29 is 0 Å². The van der Waals surface area contributed by atoms with Crippen molar-refractivity contribution in [3.63, 3.8) is 0 Å². The van der Waals surface area contributed by atoms with Crippen LogP contribution in [0.3, 0.4) is 0 Å². The number of nitrogens with one attached hydrogen (secondary N) is 1. The van der Waals surface area contributed by atoms with Gasteiger partial charge in [0.15, 0.2) is 0 Å². The number of rotatable bonds is 7. The van der Waals surface area contributed by atoms with E-state index in [0.29, 0.717) is 11.5 Å². The number of hydrogen-bond acceptors (Lipinski definition) is 2. The Bertz CT molecular complexity index is 283. The maximum absolute atomic E-state index is 3.89. The molecule has 0 amide bonds. The average Bonchev–Trinajstić information content (AvgIpc) is 2.36. The van der Waals surface area contributed by atoms with Crippen LogP contribution in [0.2, 0.25) is 0 Å². The molecule has 20 heavy (non-hydrogen) atoms. The Kier molecular flexibility index (Phi) is 5.92. The molecule has 0 aliphatic heterocycles. The molecule has 1 N–H and O–H groups in total. The van der Waals surface area contributed by atoms with Gasteiger partial charge in [-0.25, -0.2) is 0 Å². The second-order valence-corrected chi connectivity index (χ2v) is 7.76. The maximum Gasteiger partial charge on any atom is 0.0274 e. The number of hydrogen-bond donors (Lipinski definition) is 1. The standard InChI is InChI=1S/C18H36N2/c1-5-13-19-17-16(11-8-12-18(17,3)4)20(6-2)14-15-9-7-10-15/h15-17,19H,5-14H2,1-4H3. The van der Waals surface area contributed by atoms with Crippen molar-refractivity contribution in [2.75, 3.05) is 19.6 Å². The van der Waals surface area contributed by atoms with Gasteiger partial charge in [0.1, 0.15) is 0 Å². The van der Waals surface area contributed by atoms with Crippen LogP contribution in [-0.2, 0) is 0 Å². The Labute approximate surface area is 126 Å². The van der Waals surface area contributed by atoms with Gasteiger partial charge in [0.2, 0.25) is 0 Å². The van der Waals surface area contributed by atoms with Crippen LogP contribution in [0.1, 0.15) is 72.6 Å². The van der Waals surface area contributed by atoms with Crippen LogP contribution in [0.15, 0.2) is 0 Å². The second kappa shape index (κ2) is 7.26. The zero-order valence-electron chi connectivity index (χ0n) is 14.3. The molecule has 0 saturated heterocycles. The predicted molar refractivity (Wildman–Crippen MR) is 88.1 cm³/mol. The monoisotopic (exact) mass is 280 g/mol. The molecule has 0 radical (unpaired) electrons. The summed E-state index contributed by atoms with van der Waals surface area (Å²) in [5.41, 5.74) is 0.450. The summed E-state index contributed by atoms with van der Waals surface area (Å²) in [4.78, 5) is 2.80. The molecular weight excluding hydrogens is 244 g/mol. The molecule has 2 aliphatic carbocycles. The molecule has 0 heterocycles. The van der Waals surface area contributed by atoms with Crippen molar-refractivity contribution in [3.8, 4) is 0 Å². The minimum atomic E-state index is 0.450. The Morgan fingerprint density at radius 2 is 1.85 bits per heavy atom. The first-order valence-corrected chi connectivity index (χ1v) is 9.06. The topological polar surface area (TPSA) is 15.3 Å². The minimum absolute atomic E-state index is 0.450. The summed E-state index contributed by atoms with van der Waals surface area (Å²) in [6.07, 6.45) is 9.84. The molecule has 0 aromatic carbocycles. The summed E-state index contributed by atoms with van der Waals surface area (Å²) in [6, 6.07) is 1.44. The second-order valence-electron chi connectivity index (χ2n) is 7.76. The van der Waals surface area contributed by atoms with Crippen LogP contribution in [0.4, 0.5) is 0 Å². The number of nitrogens with zero attached hydrogens (tertiary/aromatic N) is 1. The summed E-state index contributed by atoms with van der Waals surface area (Å²) >= 11 is 0. The SMILES string of the molecule is CCCNC1C(N(CC)CC2CCC2)CCCC1(C)C. The first-order valence-electron chi connectivity index (χ1n) is 9.06. The van der Waals surface area contributed by atoms with Crippen LogP contribution in [0.5, 0.6) is 0 Å². The molecule has 118 valence electrons. The molecule has 2 saturated carbocycles. The highest BCUT2D eigenvalue weighted by atomic mass is 15.2. The van der Waals surface area contributed by atoms with Gasteiger partial charge < -0.3 is 5.32 Å². The molecule has 0 spiro atoms. The van der Waals surface area contributed by atoms with Crippen molar-refractivity contribution in [1.29, 1.82) is 0 Å². The van der Waals surface area contributed by atoms with Gasteiger partial charge in [0.25, 0.3) is 0 Å². The van der Waals surface area contributed by atoms with Gasteiger partial charge in [0, 0.05) is 18.6 Å². The average molecular weight is 280 g/mol. The summed E-state index contributed by atoms with van der Waals surface area (Å²) in [7, 11) is 0. The van der Waals surface area contributed by atoms with Gasteiger partial charge >= 0.3 is 0 Å². The largest absolute Gasteiger partial charge is 0.312 e. The highest BCUT2D eigenvalue weighted by molar-refractivity contribution is 4.98. The van der Waals surface area contributed by atoms with Crippen LogP contribution in [0, 0.1) is 11.3 Å². The lowest BCUT2D eigenvalue weighted by Gasteiger charge is -2.50. The third kappa shape index (κ3) is 3.76. The fourth-order valence-electron chi connectivity index (χ4n) is 4.22. The smallest absolute Gasteiger partial charge is 0.0274 e. The highest BCUT2D eigenvalue weighted by Gasteiger charge is 2.41. The van der Waals surface area contributed by atoms with E-state index in [-0.39, 0.29) is 0 Å². The van der Waals surface area contributed by atoms with E-state index in [2.05, 4.69) is 37.9 Å². The van der Waals surface area contributed by atoms with E-state index < -0.39 is 0 Å². The lowest BCUT2D eigenvalue weighted by atomic mass is 9.70. The van der Waals surface area contributed by atoms with E-state index in [1.54, 1.807) is 0 Å². The Morgan fingerprint density at radius 1 is 1.10 bits per heavy atom. The van der Waals surface area contributed by atoms with E-state index in [4.69, 9.17) is 0 Å². The van der Waals surface area contributed by atoms with Crippen LogP contribution in [0.25, 0.3) is 0 Å². The number of likely N-dealkylation sites (N-methyl/N-ethyl adjacent to an activating group) is 1. The fourth-order valence-corrected chi connectivity index (χ4v) is 4.22. The van der Waals surface area contributed by atoms with Crippen LogP contribution < -0.4 is 5.32 Å². The first kappa shape index (κ1) is 16.3. The summed E-state index contributed by atoms with van der Waals surface area (Å²) in [5.74, 6) is 0.992.